The van der Waals surface area contributed by atoms with Gasteiger partial charge in [0.1, 0.15) is 0 Å². The van der Waals surface area contributed by atoms with Crippen LogP contribution in [0.25, 0.3) is 0 Å². The third-order valence-electron chi connectivity index (χ3n) is 3.22. The summed E-state index contributed by atoms with van der Waals surface area (Å²) in [5.41, 5.74) is 6.62. The van der Waals surface area contributed by atoms with Crippen LogP contribution in [-0.2, 0) is 10.8 Å². The molecule has 3 N–H and O–H groups in total. The molecule has 5 heteroatoms. The van der Waals surface area contributed by atoms with Gasteiger partial charge in [-0.05, 0) is 25.0 Å². The smallest absolute Gasteiger partial charge is 0.252 e. The van der Waals surface area contributed by atoms with Gasteiger partial charge in [-0.15, -0.1) is 0 Å². The lowest BCUT2D eigenvalue weighted by Crippen LogP contribution is -2.39. The van der Waals surface area contributed by atoms with E-state index >= 15 is 0 Å². The molecule has 0 aromatic heterocycles. The molecule has 0 unspecified atom stereocenters. The molecule has 1 aliphatic rings. The highest BCUT2D eigenvalue weighted by atomic mass is 32.2. The predicted molar refractivity (Wildman–Crippen MR) is 80.7 cm³/mol. The fraction of sp³-hybridized carbons (Fsp3) is 0.400. The first kappa shape index (κ1) is 14.8. The van der Waals surface area contributed by atoms with Crippen LogP contribution in [-0.4, -0.2) is 34.2 Å². The minimum Gasteiger partial charge on any atom is -0.349 e. The van der Waals surface area contributed by atoms with Gasteiger partial charge >= 0.3 is 0 Å². The van der Waals surface area contributed by atoms with Crippen molar-refractivity contribution in [1.82, 2.24) is 5.32 Å². The van der Waals surface area contributed by atoms with Crippen LogP contribution in [0.4, 0.5) is 0 Å². The van der Waals surface area contributed by atoms with Gasteiger partial charge in [-0.3, -0.25) is 9.00 Å². The Balaban J connectivity index is 2.07. The number of amides is 1. The van der Waals surface area contributed by atoms with Crippen molar-refractivity contribution in [3.63, 3.8) is 0 Å². The second-order valence-electron chi connectivity index (χ2n) is 4.65. The molecular formula is C15H18N2O2S. The van der Waals surface area contributed by atoms with Crippen molar-refractivity contribution in [1.29, 1.82) is 0 Å². The molecule has 1 aliphatic heterocycles. The molecule has 106 valence electrons. The van der Waals surface area contributed by atoms with Gasteiger partial charge in [0.05, 0.1) is 12.1 Å². The molecule has 1 saturated heterocycles. The Kier molecular flexibility index (Phi) is 5.33. The molecule has 1 aromatic carbocycles. The molecule has 0 atom stereocenters. The van der Waals surface area contributed by atoms with Crippen LogP contribution in [0.15, 0.2) is 24.3 Å². The molecule has 0 radical (unpaired) electrons. The highest BCUT2D eigenvalue weighted by Gasteiger charge is 2.20. The Morgan fingerprint density at radius 2 is 2.05 bits per heavy atom. The maximum absolute atomic E-state index is 12.3. The van der Waals surface area contributed by atoms with E-state index < -0.39 is 10.8 Å². The minimum absolute atomic E-state index is 0.107. The summed E-state index contributed by atoms with van der Waals surface area (Å²) in [6.45, 7) is 0.268. The topological polar surface area (TPSA) is 72.2 Å². The zero-order chi connectivity index (χ0) is 14.4. The number of benzene rings is 1. The lowest BCUT2D eigenvalue weighted by Gasteiger charge is -2.22. The molecule has 4 nitrogen and oxygen atoms in total. The third-order valence-corrected chi connectivity index (χ3v) is 4.60. The Bertz CT molecular complexity index is 565. The Hall–Kier alpha value is -1.64. The van der Waals surface area contributed by atoms with Crippen LogP contribution in [0.5, 0.6) is 0 Å². The van der Waals surface area contributed by atoms with Gasteiger partial charge in [-0.1, -0.05) is 24.0 Å². The van der Waals surface area contributed by atoms with E-state index in [1.165, 1.54) is 0 Å². The molecule has 0 saturated carbocycles. The third kappa shape index (κ3) is 3.92. The summed E-state index contributed by atoms with van der Waals surface area (Å²) in [7, 11) is -0.716. The predicted octanol–water partition coefficient (Wildman–Crippen LogP) is 0.638. The van der Waals surface area contributed by atoms with E-state index in [9.17, 15) is 9.00 Å². The van der Waals surface area contributed by atoms with E-state index in [0.29, 0.717) is 22.6 Å². The maximum atomic E-state index is 12.3. The molecule has 0 bridgehead atoms. The summed E-state index contributed by atoms with van der Waals surface area (Å²) < 4.78 is 11.3. The van der Waals surface area contributed by atoms with Crippen LogP contribution in [0, 0.1) is 11.8 Å². The molecule has 0 spiro atoms. The Morgan fingerprint density at radius 3 is 2.75 bits per heavy atom. The maximum Gasteiger partial charge on any atom is 0.252 e. The minimum atomic E-state index is -0.716. The molecule has 2 rings (SSSR count). The van der Waals surface area contributed by atoms with Crippen molar-refractivity contribution in [2.24, 2.45) is 5.73 Å². The molecule has 1 fully saturated rings. The van der Waals surface area contributed by atoms with Gasteiger partial charge in [-0.25, -0.2) is 0 Å². The summed E-state index contributed by atoms with van der Waals surface area (Å²) in [5, 5.41) is 3.00. The van der Waals surface area contributed by atoms with Crippen molar-refractivity contribution in [2.75, 3.05) is 18.1 Å². The van der Waals surface area contributed by atoms with Crippen LogP contribution in [0.3, 0.4) is 0 Å². The van der Waals surface area contributed by atoms with Crippen LogP contribution in [0.1, 0.15) is 28.8 Å². The van der Waals surface area contributed by atoms with Crippen molar-refractivity contribution in [2.45, 2.75) is 18.9 Å². The van der Waals surface area contributed by atoms with Crippen molar-refractivity contribution >= 4 is 16.7 Å². The molecule has 1 amide bonds. The van der Waals surface area contributed by atoms with E-state index in [1.54, 1.807) is 6.07 Å². The normalized spacial score (nSPS) is 21.6. The van der Waals surface area contributed by atoms with Crippen molar-refractivity contribution in [3.05, 3.63) is 35.4 Å². The summed E-state index contributed by atoms with van der Waals surface area (Å²) in [5.74, 6) is 6.89. The number of rotatable bonds is 2. The van der Waals surface area contributed by atoms with E-state index in [2.05, 4.69) is 17.2 Å². The van der Waals surface area contributed by atoms with Gasteiger partial charge in [0.2, 0.25) is 0 Å². The fourth-order valence-corrected chi connectivity index (χ4v) is 3.44. The summed E-state index contributed by atoms with van der Waals surface area (Å²) >= 11 is 0. The number of hydrogen-bond acceptors (Lipinski definition) is 3. The second-order valence-corrected chi connectivity index (χ2v) is 6.34. The number of nitrogens with one attached hydrogen (secondary N) is 1. The Labute approximate surface area is 121 Å². The number of hydrogen-bond donors (Lipinski definition) is 2. The lowest BCUT2D eigenvalue weighted by atomic mass is 10.1. The molecule has 1 aromatic rings. The average Bonchev–Trinajstić information content (AvgIpc) is 2.47. The molecule has 0 aliphatic carbocycles. The number of nitrogens with two attached hydrogens (primary N) is 1. The first-order chi connectivity index (χ1) is 9.70. The fourth-order valence-electron chi connectivity index (χ4n) is 2.14. The van der Waals surface area contributed by atoms with Gasteiger partial charge in [0.25, 0.3) is 5.91 Å². The monoisotopic (exact) mass is 290 g/mol. The quantitative estimate of drug-likeness (QED) is 0.785. The second kappa shape index (κ2) is 7.22. The SMILES string of the molecule is NCC#Cc1ccccc1C(=O)NC1CCS(=O)CC1. The highest BCUT2D eigenvalue weighted by molar-refractivity contribution is 7.85. The molecular weight excluding hydrogens is 272 g/mol. The van der Waals surface area contributed by atoms with E-state index in [-0.39, 0.29) is 18.5 Å². The average molecular weight is 290 g/mol. The largest absolute Gasteiger partial charge is 0.349 e. The number of carbonyl (C=O) groups excluding carboxylic acids is 1. The first-order valence-electron chi connectivity index (χ1n) is 6.64. The zero-order valence-corrected chi connectivity index (χ0v) is 12.0. The van der Waals surface area contributed by atoms with Crippen LogP contribution in [0.2, 0.25) is 0 Å². The van der Waals surface area contributed by atoms with Crippen molar-refractivity contribution < 1.29 is 9.00 Å². The van der Waals surface area contributed by atoms with Gasteiger partial charge in [0, 0.05) is 33.9 Å². The summed E-state index contributed by atoms with van der Waals surface area (Å²) in [6.07, 6.45) is 1.55. The lowest BCUT2D eigenvalue weighted by molar-refractivity contribution is 0.0934. The van der Waals surface area contributed by atoms with Crippen molar-refractivity contribution in [3.8, 4) is 11.8 Å². The Morgan fingerprint density at radius 1 is 1.35 bits per heavy atom. The van der Waals surface area contributed by atoms with Gasteiger partial charge in [0.15, 0.2) is 0 Å². The summed E-state index contributed by atoms with van der Waals surface area (Å²) in [4.78, 5) is 12.3. The van der Waals surface area contributed by atoms with E-state index in [1.807, 2.05) is 18.2 Å². The molecule has 1 heterocycles. The van der Waals surface area contributed by atoms with E-state index in [4.69, 9.17) is 5.73 Å². The first-order valence-corrected chi connectivity index (χ1v) is 8.13. The summed E-state index contributed by atoms with van der Waals surface area (Å²) in [6, 6.07) is 7.35. The van der Waals surface area contributed by atoms with Gasteiger partial charge in [-0.2, -0.15) is 0 Å². The van der Waals surface area contributed by atoms with Crippen LogP contribution < -0.4 is 11.1 Å². The molecule has 20 heavy (non-hydrogen) atoms. The highest BCUT2D eigenvalue weighted by Crippen LogP contribution is 2.12. The van der Waals surface area contributed by atoms with E-state index in [0.717, 1.165) is 12.8 Å². The van der Waals surface area contributed by atoms with Gasteiger partial charge < -0.3 is 11.1 Å². The van der Waals surface area contributed by atoms with Crippen LogP contribution >= 0.6 is 0 Å². The zero-order valence-electron chi connectivity index (χ0n) is 11.2. The standard InChI is InChI=1S/C15H18N2O2S/c16-9-3-5-12-4-1-2-6-14(12)15(18)17-13-7-10-20(19)11-8-13/h1-2,4,6,13H,7-11,16H2,(H,17,18). The number of carbonyl (C=O) groups is 1.